The molecular formula is C19H19N5O. The number of nitrogens with zero attached hydrogens (tertiary/aromatic N) is 4. The van der Waals surface area contributed by atoms with Gasteiger partial charge in [-0.05, 0) is 42.5 Å². The van der Waals surface area contributed by atoms with Crippen molar-refractivity contribution < 1.29 is 5.11 Å². The predicted octanol–water partition coefficient (Wildman–Crippen LogP) is 2.84. The molecule has 126 valence electrons. The number of anilines is 1. The highest BCUT2D eigenvalue weighted by molar-refractivity contribution is 5.80. The van der Waals surface area contributed by atoms with Gasteiger partial charge in [0.05, 0.1) is 18.3 Å². The molecule has 25 heavy (non-hydrogen) atoms. The molecule has 0 aliphatic rings. The normalized spacial score (nSPS) is 11.1. The molecule has 2 N–H and O–H groups in total. The Morgan fingerprint density at radius 2 is 2.00 bits per heavy atom. The van der Waals surface area contributed by atoms with Crippen LogP contribution in [-0.2, 0) is 0 Å². The van der Waals surface area contributed by atoms with E-state index in [1.54, 1.807) is 6.20 Å². The Labute approximate surface area is 145 Å². The molecule has 6 nitrogen and oxygen atoms in total. The van der Waals surface area contributed by atoms with Gasteiger partial charge < -0.3 is 10.0 Å². The summed E-state index contributed by atoms with van der Waals surface area (Å²) in [5.41, 5.74) is 4.13. The number of nitrogens with one attached hydrogen (secondary N) is 1. The number of rotatable bonds is 5. The van der Waals surface area contributed by atoms with Crippen molar-refractivity contribution in [2.45, 2.75) is 0 Å². The maximum Gasteiger partial charge on any atom is 0.144 e. The highest BCUT2D eigenvalue weighted by Gasteiger charge is 2.09. The molecular weight excluding hydrogens is 314 g/mol. The largest absolute Gasteiger partial charge is 0.395 e. The van der Waals surface area contributed by atoms with Crippen LogP contribution in [0.4, 0.5) is 5.69 Å². The number of hydrogen-bond acceptors (Lipinski definition) is 4. The molecule has 0 spiro atoms. The quantitative estimate of drug-likeness (QED) is 0.589. The van der Waals surface area contributed by atoms with Crippen LogP contribution in [0.1, 0.15) is 0 Å². The van der Waals surface area contributed by atoms with Gasteiger partial charge in [-0.2, -0.15) is 5.10 Å². The minimum atomic E-state index is 0.138. The third kappa shape index (κ3) is 2.88. The fraction of sp³-hybridized carbons (Fsp3) is 0.158. The number of aliphatic hydroxyl groups excluding tert-OH is 1. The molecule has 0 aliphatic carbocycles. The molecule has 0 radical (unpaired) electrons. The molecule has 0 bridgehead atoms. The van der Waals surface area contributed by atoms with E-state index in [0.717, 1.165) is 33.7 Å². The number of aromatic nitrogens is 4. The Hall–Kier alpha value is -3.12. The Morgan fingerprint density at radius 1 is 1.16 bits per heavy atom. The van der Waals surface area contributed by atoms with Gasteiger partial charge in [-0.3, -0.25) is 9.67 Å². The molecule has 0 unspecified atom stereocenters. The van der Waals surface area contributed by atoms with Crippen LogP contribution in [0.5, 0.6) is 0 Å². The number of benzene rings is 2. The summed E-state index contributed by atoms with van der Waals surface area (Å²) in [5.74, 6) is 0.884. The Kier molecular flexibility index (Phi) is 3.95. The zero-order valence-corrected chi connectivity index (χ0v) is 13.9. The van der Waals surface area contributed by atoms with Crippen molar-refractivity contribution in [3.05, 3.63) is 61.1 Å². The zero-order valence-electron chi connectivity index (χ0n) is 13.9. The number of likely N-dealkylation sites (N-methyl/N-ethyl adjacent to an activating group) is 1. The zero-order chi connectivity index (χ0) is 17.2. The van der Waals surface area contributed by atoms with Gasteiger partial charge in [0.1, 0.15) is 5.82 Å². The number of aliphatic hydroxyl groups is 1. The predicted molar refractivity (Wildman–Crippen MR) is 99.0 cm³/mol. The fourth-order valence-electron chi connectivity index (χ4n) is 2.94. The Morgan fingerprint density at radius 3 is 2.80 bits per heavy atom. The first kappa shape index (κ1) is 15.4. The van der Waals surface area contributed by atoms with E-state index in [0.29, 0.717) is 6.54 Å². The van der Waals surface area contributed by atoms with Gasteiger partial charge in [0, 0.05) is 48.3 Å². The van der Waals surface area contributed by atoms with E-state index in [1.165, 1.54) is 0 Å². The van der Waals surface area contributed by atoms with Crippen LogP contribution >= 0.6 is 0 Å². The summed E-state index contributed by atoms with van der Waals surface area (Å²) in [5, 5.41) is 17.2. The number of fused-ring (bicyclic) bond motifs is 1. The molecule has 6 heteroatoms. The molecule has 4 aromatic rings. The van der Waals surface area contributed by atoms with Gasteiger partial charge in [-0.15, -0.1) is 0 Å². The number of hydrogen-bond donors (Lipinski definition) is 2. The van der Waals surface area contributed by atoms with E-state index in [2.05, 4.69) is 44.0 Å². The molecule has 0 saturated heterocycles. The maximum atomic E-state index is 9.06. The minimum absolute atomic E-state index is 0.138. The van der Waals surface area contributed by atoms with Crippen LogP contribution in [0.25, 0.3) is 28.0 Å². The first-order valence-corrected chi connectivity index (χ1v) is 8.15. The van der Waals surface area contributed by atoms with Crippen molar-refractivity contribution in [2.24, 2.45) is 0 Å². The smallest absolute Gasteiger partial charge is 0.144 e. The average Bonchev–Trinajstić information content (AvgIpc) is 3.30. The topological polar surface area (TPSA) is 70.0 Å². The lowest BCUT2D eigenvalue weighted by Gasteiger charge is -2.18. The second-order valence-corrected chi connectivity index (χ2v) is 5.95. The first-order chi connectivity index (χ1) is 12.3. The SMILES string of the molecule is CN(CCO)c1ccc(-c2nccn2-c2ccc3cn[nH]c3c2)cc1. The van der Waals surface area contributed by atoms with E-state index in [-0.39, 0.29) is 6.61 Å². The minimum Gasteiger partial charge on any atom is -0.395 e. The third-order valence-electron chi connectivity index (χ3n) is 4.35. The standard InChI is InChI=1S/C19H19N5O/c1-23(10-11-25)16-5-2-14(3-6-16)19-20-8-9-24(19)17-7-4-15-13-21-22-18(15)12-17/h2-9,12-13,25H,10-11H2,1H3,(H,21,22). The van der Waals surface area contributed by atoms with Gasteiger partial charge in [-0.25, -0.2) is 4.98 Å². The van der Waals surface area contributed by atoms with Crippen LogP contribution in [0.15, 0.2) is 61.1 Å². The van der Waals surface area contributed by atoms with Crippen molar-refractivity contribution in [3.8, 4) is 17.1 Å². The highest BCUT2D eigenvalue weighted by atomic mass is 16.3. The van der Waals surface area contributed by atoms with Crippen LogP contribution in [0.2, 0.25) is 0 Å². The van der Waals surface area contributed by atoms with E-state index >= 15 is 0 Å². The van der Waals surface area contributed by atoms with Crippen molar-refractivity contribution in [1.29, 1.82) is 0 Å². The monoisotopic (exact) mass is 333 g/mol. The molecule has 2 aromatic heterocycles. The van der Waals surface area contributed by atoms with Crippen molar-refractivity contribution in [2.75, 3.05) is 25.1 Å². The summed E-state index contributed by atoms with van der Waals surface area (Å²) in [4.78, 5) is 6.54. The van der Waals surface area contributed by atoms with Crippen LogP contribution < -0.4 is 4.90 Å². The Bertz CT molecular complexity index is 986. The first-order valence-electron chi connectivity index (χ1n) is 8.15. The third-order valence-corrected chi connectivity index (χ3v) is 4.35. The molecule has 4 rings (SSSR count). The second-order valence-electron chi connectivity index (χ2n) is 5.95. The van der Waals surface area contributed by atoms with Gasteiger partial charge >= 0.3 is 0 Å². The van der Waals surface area contributed by atoms with Gasteiger partial charge in [0.25, 0.3) is 0 Å². The maximum absolute atomic E-state index is 9.06. The number of H-pyrrole nitrogens is 1. The van der Waals surface area contributed by atoms with E-state index in [9.17, 15) is 0 Å². The van der Waals surface area contributed by atoms with Gasteiger partial charge in [0.15, 0.2) is 0 Å². The number of aromatic amines is 1. The summed E-state index contributed by atoms with van der Waals surface area (Å²) in [6, 6.07) is 14.4. The fourth-order valence-corrected chi connectivity index (χ4v) is 2.94. The summed E-state index contributed by atoms with van der Waals surface area (Å²) in [6.07, 6.45) is 5.58. The summed E-state index contributed by atoms with van der Waals surface area (Å²) < 4.78 is 2.06. The molecule has 0 amide bonds. The van der Waals surface area contributed by atoms with E-state index in [4.69, 9.17) is 5.11 Å². The molecule has 2 aromatic carbocycles. The van der Waals surface area contributed by atoms with Crippen molar-refractivity contribution in [3.63, 3.8) is 0 Å². The average molecular weight is 333 g/mol. The number of imidazole rings is 1. The molecule has 0 fully saturated rings. The van der Waals surface area contributed by atoms with E-state index < -0.39 is 0 Å². The molecule has 0 atom stereocenters. The molecule has 0 aliphatic heterocycles. The molecule has 2 heterocycles. The van der Waals surface area contributed by atoms with E-state index in [1.807, 2.05) is 42.5 Å². The lowest BCUT2D eigenvalue weighted by Crippen LogP contribution is -2.20. The second kappa shape index (κ2) is 6.41. The summed E-state index contributed by atoms with van der Waals surface area (Å²) in [7, 11) is 1.96. The van der Waals surface area contributed by atoms with Gasteiger partial charge in [0.2, 0.25) is 0 Å². The van der Waals surface area contributed by atoms with Gasteiger partial charge in [-0.1, -0.05) is 0 Å². The molecule has 0 saturated carbocycles. The van der Waals surface area contributed by atoms with Crippen LogP contribution in [-0.4, -0.2) is 45.1 Å². The highest BCUT2D eigenvalue weighted by Crippen LogP contribution is 2.25. The lowest BCUT2D eigenvalue weighted by atomic mass is 10.1. The van der Waals surface area contributed by atoms with Crippen LogP contribution in [0, 0.1) is 0 Å². The van der Waals surface area contributed by atoms with Crippen molar-refractivity contribution in [1.82, 2.24) is 19.7 Å². The van der Waals surface area contributed by atoms with Crippen molar-refractivity contribution >= 4 is 16.6 Å². The van der Waals surface area contributed by atoms with Crippen LogP contribution in [0.3, 0.4) is 0 Å². The summed E-state index contributed by atoms with van der Waals surface area (Å²) in [6.45, 7) is 0.747. The summed E-state index contributed by atoms with van der Waals surface area (Å²) >= 11 is 0. The lowest BCUT2D eigenvalue weighted by molar-refractivity contribution is 0.304. The Balaban J connectivity index is 1.69.